The Morgan fingerprint density at radius 1 is 0.944 bits per heavy atom. The minimum absolute atomic E-state index is 0.0436. The van der Waals surface area contributed by atoms with Gasteiger partial charge in [0, 0.05) is 0 Å². The summed E-state index contributed by atoms with van der Waals surface area (Å²) in [6.07, 6.45) is 1.72. The van der Waals surface area contributed by atoms with Gasteiger partial charge in [0.1, 0.15) is 0 Å². The van der Waals surface area contributed by atoms with Crippen molar-refractivity contribution in [1.29, 1.82) is 0 Å². The van der Waals surface area contributed by atoms with Crippen LogP contribution in [0.2, 0.25) is 0 Å². The molecule has 3 nitrogen and oxygen atoms in total. The third-order valence-electron chi connectivity index (χ3n) is 3.23. The number of aryl methyl sites for hydroxylation is 2. The van der Waals surface area contributed by atoms with Crippen molar-refractivity contribution in [1.82, 2.24) is 0 Å². The molecule has 2 rings (SSSR count). The van der Waals surface area contributed by atoms with E-state index in [1.807, 2.05) is 13.0 Å². The Bertz CT molecular complexity index is 687. The van der Waals surface area contributed by atoms with Gasteiger partial charge in [-0.1, -0.05) is 32.0 Å². The van der Waals surface area contributed by atoms with Crippen LogP contribution in [0, 0.1) is 0 Å². The van der Waals surface area contributed by atoms with Gasteiger partial charge in [0.2, 0.25) is 0 Å². The van der Waals surface area contributed by atoms with E-state index >= 15 is 0 Å². The Labute approximate surface area is 107 Å². The van der Waals surface area contributed by atoms with Crippen molar-refractivity contribution in [2.45, 2.75) is 31.6 Å². The lowest BCUT2D eigenvalue weighted by Gasteiger charge is -2.10. The van der Waals surface area contributed by atoms with Gasteiger partial charge in [0.05, 0.1) is 4.90 Å². The van der Waals surface area contributed by atoms with Crippen molar-refractivity contribution in [3.8, 4) is 0 Å². The fourth-order valence-electron chi connectivity index (χ4n) is 2.23. The van der Waals surface area contributed by atoms with Crippen molar-refractivity contribution in [3.05, 3.63) is 41.5 Å². The van der Waals surface area contributed by atoms with Crippen LogP contribution in [-0.4, -0.2) is 13.0 Å². The second-order valence-corrected chi connectivity index (χ2v) is 5.69. The molecule has 0 spiro atoms. The van der Waals surface area contributed by atoms with Gasteiger partial charge in [-0.15, -0.1) is 0 Å². The topological polar surface area (TPSA) is 54.4 Å². The molecule has 0 aliphatic carbocycles. The second-order valence-electron chi connectivity index (χ2n) is 4.27. The monoisotopic (exact) mass is 264 g/mol. The molecule has 0 aliphatic heterocycles. The van der Waals surface area contributed by atoms with Crippen LogP contribution in [-0.2, 0) is 23.0 Å². The highest BCUT2D eigenvalue weighted by Crippen LogP contribution is 2.26. The standard InChI is InChI=1S/C14H16O3S/c1-3-10-5-6-11(4-2)14-9-12(18(15,16)17)7-8-13(10)14/h5-9H,3-4H2,1-2H3,(H,15,16,17). The zero-order valence-corrected chi connectivity index (χ0v) is 11.3. The van der Waals surface area contributed by atoms with Gasteiger partial charge in [-0.05, 0) is 46.9 Å². The summed E-state index contributed by atoms with van der Waals surface area (Å²) in [6, 6.07) is 8.89. The molecule has 0 amide bonds. The second kappa shape index (κ2) is 4.71. The maximum atomic E-state index is 11.2. The molecule has 4 heteroatoms. The average Bonchev–Trinajstić information content (AvgIpc) is 2.35. The molecule has 0 radical (unpaired) electrons. The lowest BCUT2D eigenvalue weighted by atomic mass is 9.97. The third kappa shape index (κ3) is 2.26. The minimum atomic E-state index is -4.14. The van der Waals surface area contributed by atoms with Crippen LogP contribution in [0.15, 0.2) is 35.2 Å². The smallest absolute Gasteiger partial charge is 0.282 e. The lowest BCUT2D eigenvalue weighted by Crippen LogP contribution is -1.99. The molecule has 18 heavy (non-hydrogen) atoms. The van der Waals surface area contributed by atoms with E-state index in [0.29, 0.717) is 0 Å². The van der Waals surface area contributed by atoms with Gasteiger partial charge >= 0.3 is 0 Å². The van der Waals surface area contributed by atoms with E-state index < -0.39 is 10.1 Å². The summed E-state index contributed by atoms with van der Waals surface area (Å²) in [6.45, 7) is 4.09. The van der Waals surface area contributed by atoms with Gasteiger partial charge in [-0.3, -0.25) is 4.55 Å². The summed E-state index contributed by atoms with van der Waals surface area (Å²) in [5.41, 5.74) is 2.27. The molecule has 0 fully saturated rings. The van der Waals surface area contributed by atoms with Crippen LogP contribution in [0.5, 0.6) is 0 Å². The van der Waals surface area contributed by atoms with Gasteiger partial charge < -0.3 is 0 Å². The Morgan fingerprint density at radius 3 is 2.00 bits per heavy atom. The minimum Gasteiger partial charge on any atom is -0.282 e. The highest BCUT2D eigenvalue weighted by molar-refractivity contribution is 7.85. The van der Waals surface area contributed by atoms with E-state index in [1.165, 1.54) is 11.6 Å². The van der Waals surface area contributed by atoms with Crippen molar-refractivity contribution in [3.63, 3.8) is 0 Å². The van der Waals surface area contributed by atoms with Gasteiger partial charge in [0.25, 0.3) is 10.1 Å². The van der Waals surface area contributed by atoms with E-state index in [1.54, 1.807) is 12.1 Å². The first kappa shape index (κ1) is 13.1. The molecule has 0 bridgehead atoms. The number of fused-ring (bicyclic) bond motifs is 1. The van der Waals surface area contributed by atoms with E-state index in [2.05, 4.69) is 13.0 Å². The van der Waals surface area contributed by atoms with Crippen LogP contribution in [0.3, 0.4) is 0 Å². The Balaban J connectivity index is 2.82. The normalized spacial score (nSPS) is 11.9. The Kier molecular flexibility index (Phi) is 3.41. The first-order chi connectivity index (χ1) is 8.47. The summed E-state index contributed by atoms with van der Waals surface area (Å²) in [5, 5.41) is 1.97. The molecule has 2 aromatic rings. The van der Waals surface area contributed by atoms with Crippen molar-refractivity contribution in [2.75, 3.05) is 0 Å². The van der Waals surface area contributed by atoms with Crippen molar-refractivity contribution < 1.29 is 13.0 Å². The molecule has 96 valence electrons. The third-order valence-corrected chi connectivity index (χ3v) is 4.08. The van der Waals surface area contributed by atoms with Crippen LogP contribution in [0.1, 0.15) is 25.0 Å². The molecule has 0 atom stereocenters. The van der Waals surface area contributed by atoms with Crippen LogP contribution < -0.4 is 0 Å². The van der Waals surface area contributed by atoms with Gasteiger partial charge in [-0.25, -0.2) is 0 Å². The van der Waals surface area contributed by atoms with E-state index in [4.69, 9.17) is 4.55 Å². The highest BCUT2D eigenvalue weighted by atomic mass is 32.2. The number of hydrogen-bond donors (Lipinski definition) is 1. The molecular weight excluding hydrogens is 248 g/mol. The van der Waals surface area contributed by atoms with Crippen molar-refractivity contribution in [2.24, 2.45) is 0 Å². The van der Waals surface area contributed by atoms with E-state index in [0.717, 1.165) is 29.2 Å². The number of benzene rings is 2. The van der Waals surface area contributed by atoms with Crippen molar-refractivity contribution >= 4 is 20.9 Å². The summed E-state index contributed by atoms with van der Waals surface area (Å²) >= 11 is 0. The van der Waals surface area contributed by atoms with E-state index in [9.17, 15) is 8.42 Å². The SMILES string of the molecule is CCc1ccc(CC)c2cc(S(=O)(=O)O)ccc12. The fourth-order valence-corrected chi connectivity index (χ4v) is 2.73. The van der Waals surface area contributed by atoms with Crippen LogP contribution in [0.25, 0.3) is 10.8 Å². The molecule has 0 unspecified atom stereocenters. The summed E-state index contributed by atoms with van der Waals surface area (Å²) in [7, 11) is -4.14. The fraction of sp³-hybridized carbons (Fsp3) is 0.286. The first-order valence-electron chi connectivity index (χ1n) is 5.99. The highest BCUT2D eigenvalue weighted by Gasteiger charge is 2.12. The van der Waals surface area contributed by atoms with Crippen LogP contribution >= 0.6 is 0 Å². The summed E-state index contributed by atoms with van der Waals surface area (Å²) in [4.78, 5) is -0.0436. The maximum absolute atomic E-state index is 11.2. The molecule has 0 saturated carbocycles. The van der Waals surface area contributed by atoms with Gasteiger partial charge in [0.15, 0.2) is 0 Å². The average molecular weight is 264 g/mol. The molecular formula is C14H16O3S. The first-order valence-corrected chi connectivity index (χ1v) is 7.43. The Hall–Kier alpha value is -1.39. The molecule has 0 aliphatic rings. The quantitative estimate of drug-likeness (QED) is 0.866. The molecule has 0 heterocycles. The lowest BCUT2D eigenvalue weighted by molar-refractivity contribution is 0.483. The molecule has 0 saturated heterocycles. The zero-order valence-electron chi connectivity index (χ0n) is 10.5. The Morgan fingerprint density at radius 2 is 1.50 bits per heavy atom. The summed E-state index contributed by atoms with van der Waals surface area (Å²) in [5.74, 6) is 0. The molecule has 1 N–H and O–H groups in total. The predicted molar refractivity (Wildman–Crippen MR) is 72.5 cm³/mol. The molecule has 2 aromatic carbocycles. The zero-order chi connectivity index (χ0) is 13.3. The predicted octanol–water partition coefficient (Wildman–Crippen LogP) is 3.21. The summed E-state index contributed by atoms with van der Waals surface area (Å²) < 4.78 is 31.5. The van der Waals surface area contributed by atoms with E-state index in [-0.39, 0.29) is 4.90 Å². The van der Waals surface area contributed by atoms with Crippen LogP contribution in [0.4, 0.5) is 0 Å². The number of hydrogen-bond acceptors (Lipinski definition) is 2. The molecule has 0 aromatic heterocycles. The maximum Gasteiger partial charge on any atom is 0.294 e. The number of rotatable bonds is 3. The largest absolute Gasteiger partial charge is 0.294 e. The van der Waals surface area contributed by atoms with Gasteiger partial charge in [-0.2, -0.15) is 8.42 Å².